The summed E-state index contributed by atoms with van der Waals surface area (Å²) in [7, 11) is 0. The lowest BCUT2D eigenvalue weighted by Gasteiger charge is -2.29. The highest BCUT2D eigenvalue weighted by atomic mass is 35.5. The van der Waals surface area contributed by atoms with Crippen molar-refractivity contribution in [3.63, 3.8) is 0 Å². The van der Waals surface area contributed by atoms with E-state index in [9.17, 15) is 9.59 Å². The number of hydrogen-bond donors (Lipinski definition) is 2. The number of anilines is 2. The number of halogens is 1. The van der Waals surface area contributed by atoms with Crippen molar-refractivity contribution in [2.45, 2.75) is 25.8 Å². The van der Waals surface area contributed by atoms with Crippen LogP contribution in [0.4, 0.5) is 11.5 Å². The summed E-state index contributed by atoms with van der Waals surface area (Å²) in [6, 6.07) is 9.09. The Hall–Kier alpha value is -2.64. The molecule has 2 aromatic rings. The molecule has 0 saturated carbocycles. The fourth-order valence-corrected chi connectivity index (χ4v) is 3.89. The number of carbonyl (C=O) groups excluding carboxylic acids is 2. The molecule has 0 radical (unpaired) electrons. The molecule has 1 unspecified atom stereocenters. The van der Waals surface area contributed by atoms with Gasteiger partial charge in [-0.1, -0.05) is 23.7 Å². The summed E-state index contributed by atoms with van der Waals surface area (Å²) < 4.78 is 5.38. The van der Waals surface area contributed by atoms with Gasteiger partial charge in [-0.05, 0) is 48.9 Å². The maximum Gasteiger partial charge on any atom is 0.252 e. The summed E-state index contributed by atoms with van der Waals surface area (Å²) in [6.45, 7) is 2.84. The van der Waals surface area contributed by atoms with Gasteiger partial charge in [0, 0.05) is 31.0 Å². The first kappa shape index (κ1) is 20.6. The Labute approximate surface area is 180 Å². The normalized spacial score (nSPS) is 18.1. The van der Waals surface area contributed by atoms with Crippen LogP contribution >= 0.6 is 11.6 Å². The summed E-state index contributed by atoms with van der Waals surface area (Å²) in [6.07, 6.45) is 4.62. The topological polar surface area (TPSA) is 83.6 Å². The standard InChI is InChI=1S/C22H25ClN4O3/c23-18-5-3-15(4-6-18)13-27-19-10-17(11-25-21(19)26-12-20(27)28)22(29)24-8-1-2-16-7-9-30-14-16/h3-6,10-11,16H,1-2,7-9,12-14H2,(H,24,29)(H,25,26). The molecule has 2 N–H and O–H groups in total. The minimum Gasteiger partial charge on any atom is -0.381 e. The Bertz CT molecular complexity index is 913. The minimum atomic E-state index is -0.183. The molecular formula is C22H25ClN4O3. The zero-order chi connectivity index (χ0) is 20.9. The second kappa shape index (κ2) is 9.45. The maximum absolute atomic E-state index is 12.6. The van der Waals surface area contributed by atoms with Crippen molar-refractivity contribution in [3.05, 3.63) is 52.7 Å². The number of fused-ring (bicyclic) bond motifs is 1. The number of pyridine rings is 1. The van der Waals surface area contributed by atoms with E-state index in [0.29, 0.717) is 41.1 Å². The van der Waals surface area contributed by atoms with Gasteiger partial charge in [-0.3, -0.25) is 9.59 Å². The van der Waals surface area contributed by atoms with Crippen LogP contribution in [0.25, 0.3) is 0 Å². The highest BCUT2D eigenvalue weighted by Crippen LogP contribution is 2.30. The second-order valence-corrected chi connectivity index (χ2v) is 8.12. The van der Waals surface area contributed by atoms with Crippen LogP contribution in [0.3, 0.4) is 0 Å². The van der Waals surface area contributed by atoms with E-state index in [0.717, 1.165) is 38.0 Å². The molecule has 0 spiro atoms. The number of rotatable bonds is 7. The zero-order valence-electron chi connectivity index (χ0n) is 16.7. The summed E-state index contributed by atoms with van der Waals surface area (Å²) in [5, 5.41) is 6.62. The first-order valence-corrected chi connectivity index (χ1v) is 10.6. The summed E-state index contributed by atoms with van der Waals surface area (Å²) in [5.41, 5.74) is 2.00. The third-order valence-corrected chi connectivity index (χ3v) is 5.73. The molecule has 3 heterocycles. The largest absolute Gasteiger partial charge is 0.381 e. The number of nitrogens with zero attached hydrogens (tertiary/aromatic N) is 2. The molecule has 4 rings (SSSR count). The van der Waals surface area contributed by atoms with Crippen LogP contribution in [0.5, 0.6) is 0 Å². The quantitative estimate of drug-likeness (QED) is 0.661. The van der Waals surface area contributed by atoms with Crippen LogP contribution in [0, 0.1) is 5.92 Å². The lowest BCUT2D eigenvalue weighted by Crippen LogP contribution is -2.40. The molecule has 8 heteroatoms. The van der Waals surface area contributed by atoms with Gasteiger partial charge >= 0.3 is 0 Å². The van der Waals surface area contributed by atoms with E-state index < -0.39 is 0 Å². The van der Waals surface area contributed by atoms with E-state index in [1.54, 1.807) is 29.3 Å². The molecule has 1 fully saturated rings. The van der Waals surface area contributed by atoms with Crippen molar-refractivity contribution in [1.29, 1.82) is 0 Å². The zero-order valence-corrected chi connectivity index (χ0v) is 17.5. The fourth-order valence-electron chi connectivity index (χ4n) is 3.76. The molecule has 30 heavy (non-hydrogen) atoms. The summed E-state index contributed by atoms with van der Waals surface area (Å²) >= 11 is 5.96. The maximum atomic E-state index is 12.6. The number of carbonyl (C=O) groups is 2. The average molecular weight is 429 g/mol. The molecule has 1 saturated heterocycles. The number of nitrogens with one attached hydrogen (secondary N) is 2. The number of benzene rings is 1. The first-order valence-electron chi connectivity index (χ1n) is 10.2. The summed E-state index contributed by atoms with van der Waals surface area (Å²) in [5.74, 6) is 0.945. The lowest BCUT2D eigenvalue weighted by molar-refractivity contribution is -0.117. The lowest BCUT2D eigenvalue weighted by atomic mass is 10.0. The van der Waals surface area contributed by atoms with Crippen molar-refractivity contribution in [2.75, 3.05) is 36.5 Å². The van der Waals surface area contributed by atoms with Crippen LogP contribution in [-0.2, 0) is 16.1 Å². The highest BCUT2D eigenvalue weighted by molar-refractivity contribution is 6.30. The Morgan fingerprint density at radius 1 is 1.33 bits per heavy atom. The Kier molecular flexibility index (Phi) is 6.50. The average Bonchev–Trinajstić information content (AvgIpc) is 3.28. The monoisotopic (exact) mass is 428 g/mol. The molecular weight excluding hydrogens is 404 g/mol. The second-order valence-electron chi connectivity index (χ2n) is 7.68. The Balaban J connectivity index is 1.42. The molecule has 2 aliphatic heterocycles. The highest BCUT2D eigenvalue weighted by Gasteiger charge is 2.26. The Morgan fingerprint density at radius 2 is 2.17 bits per heavy atom. The SMILES string of the molecule is O=C(NCCCC1CCOC1)c1cnc2c(c1)N(Cc1ccc(Cl)cc1)C(=O)CN2. The fraction of sp³-hybridized carbons (Fsp3) is 0.409. The van der Waals surface area contributed by atoms with E-state index >= 15 is 0 Å². The van der Waals surface area contributed by atoms with Crippen molar-refractivity contribution >= 4 is 34.9 Å². The molecule has 1 atom stereocenters. The molecule has 1 aromatic carbocycles. The molecule has 0 bridgehead atoms. The van der Waals surface area contributed by atoms with Gasteiger partial charge in [-0.15, -0.1) is 0 Å². The van der Waals surface area contributed by atoms with Crippen molar-refractivity contribution < 1.29 is 14.3 Å². The van der Waals surface area contributed by atoms with Crippen LogP contribution in [0.1, 0.15) is 35.2 Å². The third kappa shape index (κ3) is 4.91. The number of aromatic nitrogens is 1. The van der Waals surface area contributed by atoms with Gasteiger partial charge in [-0.25, -0.2) is 4.98 Å². The van der Waals surface area contributed by atoms with Crippen molar-refractivity contribution in [1.82, 2.24) is 10.3 Å². The van der Waals surface area contributed by atoms with E-state index in [2.05, 4.69) is 15.6 Å². The van der Waals surface area contributed by atoms with E-state index in [1.165, 1.54) is 0 Å². The van der Waals surface area contributed by atoms with E-state index in [-0.39, 0.29) is 18.4 Å². The van der Waals surface area contributed by atoms with E-state index in [1.807, 2.05) is 12.1 Å². The molecule has 1 aromatic heterocycles. The molecule has 0 aliphatic carbocycles. The van der Waals surface area contributed by atoms with Gasteiger partial charge in [0.2, 0.25) is 5.91 Å². The molecule has 2 amide bonds. The van der Waals surface area contributed by atoms with Gasteiger partial charge in [0.15, 0.2) is 5.82 Å². The number of amides is 2. The van der Waals surface area contributed by atoms with Gasteiger partial charge < -0.3 is 20.3 Å². The first-order chi connectivity index (χ1) is 14.6. The minimum absolute atomic E-state index is 0.0735. The predicted molar refractivity (Wildman–Crippen MR) is 116 cm³/mol. The van der Waals surface area contributed by atoms with Gasteiger partial charge in [-0.2, -0.15) is 0 Å². The predicted octanol–water partition coefficient (Wildman–Crippen LogP) is 3.24. The number of ether oxygens (including phenoxy) is 1. The van der Waals surface area contributed by atoms with Crippen molar-refractivity contribution in [3.8, 4) is 0 Å². The molecule has 158 valence electrons. The van der Waals surface area contributed by atoms with Crippen LogP contribution in [-0.4, -0.2) is 43.1 Å². The molecule has 7 nitrogen and oxygen atoms in total. The smallest absolute Gasteiger partial charge is 0.252 e. The van der Waals surface area contributed by atoms with Crippen molar-refractivity contribution in [2.24, 2.45) is 5.92 Å². The van der Waals surface area contributed by atoms with E-state index in [4.69, 9.17) is 16.3 Å². The van der Waals surface area contributed by atoms with Gasteiger partial charge in [0.1, 0.15) is 0 Å². The Morgan fingerprint density at radius 3 is 2.93 bits per heavy atom. The third-order valence-electron chi connectivity index (χ3n) is 5.48. The van der Waals surface area contributed by atoms with Gasteiger partial charge in [0.05, 0.1) is 24.3 Å². The van der Waals surface area contributed by atoms with Gasteiger partial charge in [0.25, 0.3) is 5.91 Å². The summed E-state index contributed by atoms with van der Waals surface area (Å²) in [4.78, 5) is 31.2. The van der Waals surface area contributed by atoms with Crippen LogP contribution < -0.4 is 15.5 Å². The van der Waals surface area contributed by atoms with Crippen LogP contribution in [0.15, 0.2) is 36.5 Å². The van der Waals surface area contributed by atoms with Crippen LogP contribution in [0.2, 0.25) is 5.02 Å². The molecule has 2 aliphatic rings. The number of hydrogen-bond acceptors (Lipinski definition) is 5.